The van der Waals surface area contributed by atoms with Crippen LogP contribution in [0.1, 0.15) is 27.4 Å². The summed E-state index contributed by atoms with van der Waals surface area (Å²) in [5, 5.41) is 3.26. The van der Waals surface area contributed by atoms with Crippen LogP contribution >= 0.6 is 23.2 Å². The SMILES string of the molecule is Cc1cc(-c2cc(CCl)cc(C(=O)NCc3ncc(Cl)cn3)c2)ccn1. The summed E-state index contributed by atoms with van der Waals surface area (Å²) in [4.78, 5) is 24.9. The van der Waals surface area contributed by atoms with Gasteiger partial charge in [-0.15, -0.1) is 11.6 Å². The third-order valence-corrected chi connectivity index (χ3v) is 4.22. The molecule has 0 atom stereocenters. The summed E-state index contributed by atoms with van der Waals surface area (Å²) in [6.07, 6.45) is 4.73. The van der Waals surface area contributed by atoms with Crippen LogP contribution in [0, 0.1) is 6.92 Å². The molecule has 1 aromatic carbocycles. The molecule has 0 aliphatic rings. The van der Waals surface area contributed by atoms with Crippen LogP contribution in [0.3, 0.4) is 0 Å². The van der Waals surface area contributed by atoms with Crippen LogP contribution in [0.2, 0.25) is 5.02 Å². The number of benzene rings is 1. The van der Waals surface area contributed by atoms with E-state index in [9.17, 15) is 4.79 Å². The number of rotatable bonds is 5. The molecule has 0 bridgehead atoms. The van der Waals surface area contributed by atoms with Gasteiger partial charge in [-0.05, 0) is 53.9 Å². The van der Waals surface area contributed by atoms with Gasteiger partial charge in [0.1, 0.15) is 5.82 Å². The summed E-state index contributed by atoms with van der Waals surface area (Å²) < 4.78 is 0. The smallest absolute Gasteiger partial charge is 0.251 e. The Bertz CT molecular complexity index is 929. The van der Waals surface area contributed by atoms with Gasteiger partial charge in [-0.2, -0.15) is 0 Å². The van der Waals surface area contributed by atoms with Crippen molar-refractivity contribution in [1.29, 1.82) is 0 Å². The average Bonchev–Trinajstić information content (AvgIpc) is 2.67. The molecule has 0 fully saturated rings. The van der Waals surface area contributed by atoms with Crippen LogP contribution in [-0.2, 0) is 12.4 Å². The van der Waals surface area contributed by atoms with Gasteiger partial charge in [0.15, 0.2) is 0 Å². The quantitative estimate of drug-likeness (QED) is 0.668. The van der Waals surface area contributed by atoms with Crippen LogP contribution < -0.4 is 5.32 Å². The van der Waals surface area contributed by atoms with E-state index in [0.717, 1.165) is 22.4 Å². The Morgan fingerprint density at radius 3 is 2.54 bits per heavy atom. The second-order valence-electron chi connectivity index (χ2n) is 5.74. The molecule has 5 nitrogen and oxygen atoms in total. The molecule has 1 amide bonds. The van der Waals surface area contributed by atoms with E-state index in [1.54, 1.807) is 12.3 Å². The summed E-state index contributed by atoms with van der Waals surface area (Å²) in [7, 11) is 0. The number of amides is 1. The van der Waals surface area contributed by atoms with Crippen molar-refractivity contribution in [2.45, 2.75) is 19.3 Å². The Morgan fingerprint density at radius 1 is 1.08 bits per heavy atom. The van der Waals surface area contributed by atoms with Crippen LogP contribution in [-0.4, -0.2) is 20.9 Å². The first-order chi connectivity index (χ1) is 12.5. The second-order valence-corrected chi connectivity index (χ2v) is 6.44. The van der Waals surface area contributed by atoms with E-state index in [4.69, 9.17) is 23.2 Å². The number of aryl methyl sites for hydroxylation is 1. The van der Waals surface area contributed by atoms with Crippen molar-refractivity contribution in [2.75, 3.05) is 0 Å². The molecule has 3 aromatic rings. The number of alkyl halides is 1. The molecule has 7 heteroatoms. The molecule has 0 unspecified atom stereocenters. The van der Waals surface area contributed by atoms with Gasteiger partial charge in [0, 0.05) is 35.7 Å². The third-order valence-electron chi connectivity index (χ3n) is 3.72. The summed E-state index contributed by atoms with van der Waals surface area (Å²) in [6, 6.07) is 9.46. The maximum atomic E-state index is 12.6. The zero-order chi connectivity index (χ0) is 18.5. The fourth-order valence-electron chi connectivity index (χ4n) is 2.48. The molecule has 26 heavy (non-hydrogen) atoms. The molecule has 0 saturated carbocycles. The minimum absolute atomic E-state index is 0.213. The average molecular weight is 387 g/mol. The van der Waals surface area contributed by atoms with Gasteiger partial charge in [0.2, 0.25) is 0 Å². The lowest BCUT2D eigenvalue weighted by molar-refractivity contribution is 0.0950. The van der Waals surface area contributed by atoms with E-state index < -0.39 is 0 Å². The minimum Gasteiger partial charge on any atom is -0.345 e. The Morgan fingerprint density at radius 2 is 1.85 bits per heavy atom. The molecule has 0 aliphatic carbocycles. The number of nitrogens with one attached hydrogen (secondary N) is 1. The number of halogens is 2. The van der Waals surface area contributed by atoms with Crippen molar-refractivity contribution in [1.82, 2.24) is 20.3 Å². The lowest BCUT2D eigenvalue weighted by atomic mass is 10.00. The maximum absolute atomic E-state index is 12.6. The number of hydrogen-bond donors (Lipinski definition) is 1. The fraction of sp³-hybridized carbons (Fsp3) is 0.158. The zero-order valence-corrected chi connectivity index (χ0v) is 15.6. The van der Waals surface area contributed by atoms with Crippen molar-refractivity contribution < 1.29 is 4.79 Å². The lowest BCUT2D eigenvalue weighted by Gasteiger charge is -2.10. The number of hydrogen-bond acceptors (Lipinski definition) is 4. The number of aromatic nitrogens is 3. The Hall–Kier alpha value is -2.50. The Labute approximate surface area is 161 Å². The van der Waals surface area contributed by atoms with Gasteiger partial charge >= 0.3 is 0 Å². The molecule has 0 radical (unpaired) electrons. The first-order valence-corrected chi connectivity index (χ1v) is 8.84. The molecular weight excluding hydrogens is 371 g/mol. The standard InChI is InChI=1S/C19H16Cl2N4O/c1-12-4-14(2-3-22-12)15-5-13(8-20)6-16(7-15)19(26)25-11-18-23-9-17(21)10-24-18/h2-7,9-10H,8,11H2,1H3,(H,25,26). The highest BCUT2D eigenvalue weighted by Gasteiger charge is 2.11. The van der Waals surface area contributed by atoms with Crippen molar-refractivity contribution >= 4 is 29.1 Å². The molecule has 2 heterocycles. The van der Waals surface area contributed by atoms with E-state index in [1.807, 2.05) is 31.2 Å². The second kappa shape index (κ2) is 8.25. The lowest BCUT2D eigenvalue weighted by Crippen LogP contribution is -2.24. The first kappa shape index (κ1) is 18.3. The van der Waals surface area contributed by atoms with Crippen molar-refractivity contribution in [3.05, 3.63) is 76.6 Å². The van der Waals surface area contributed by atoms with Gasteiger partial charge < -0.3 is 5.32 Å². The highest BCUT2D eigenvalue weighted by atomic mass is 35.5. The van der Waals surface area contributed by atoms with Crippen molar-refractivity contribution in [3.63, 3.8) is 0 Å². The molecule has 2 aromatic heterocycles. The first-order valence-electron chi connectivity index (χ1n) is 7.93. The topological polar surface area (TPSA) is 67.8 Å². The van der Waals surface area contributed by atoms with Crippen LogP contribution in [0.4, 0.5) is 0 Å². The van der Waals surface area contributed by atoms with Gasteiger partial charge in [0.05, 0.1) is 11.6 Å². The van der Waals surface area contributed by atoms with E-state index in [1.165, 1.54) is 12.4 Å². The van der Waals surface area contributed by atoms with Crippen LogP contribution in [0.5, 0.6) is 0 Å². The molecule has 3 rings (SSSR count). The van der Waals surface area contributed by atoms with Crippen molar-refractivity contribution in [3.8, 4) is 11.1 Å². The van der Waals surface area contributed by atoms with E-state index in [0.29, 0.717) is 22.3 Å². The molecule has 0 saturated heterocycles. The van der Waals surface area contributed by atoms with Gasteiger partial charge in [-0.3, -0.25) is 9.78 Å². The summed E-state index contributed by atoms with van der Waals surface area (Å²) in [5.41, 5.74) is 4.21. The van der Waals surface area contributed by atoms with Crippen LogP contribution in [0.25, 0.3) is 11.1 Å². The number of carbonyl (C=O) groups excluding carboxylic acids is 1. The molecule has 1 N–H and O–H groups in total. The predicted molar refractivity (Wildman–Crippen MR) is 102 cm³/mol. The Kier molecular flexibility index (Phi) is 5.81. The normalized spacial score (nSPS) is 10.6. The van der Waals surface area contributed by atoms with Crippen molar-refractivity contribution in [2.24, 2.45) is 0 Å². The number of nitrogens with zero attached hydrogens (tertiary/aromatic N) is 3. The maximum Gasteiger partial charge on any atom is 0.251 e. The minimum atomic E-state index is -0.220. The molecule has 0 aliphatic heterocycles. The van der Waals surface area contributed by atoms with Gasteiger partial charge in [-0.1, -0.05) is 11.6 Å². The fourth-order valence-corrected chi connectivity index (χ4v) is 2.74. The van der Waals surface area contributed by atoms with Gasteiger partial charge in [-0.25, -0.2) is 9.97 Å². The number of carbonyl (C=O) groups is 1. The highest BCUT2D eigenvalue weighted by molar-refractivity contribution is 6.30. The molecule has 132 valence electrons. The van der Waals surface area contributed by atoms with E-state index in [2.05, 4.69) is 20.3 Å². The summed E-state index contributed by atoms with van der Waals surface area (Å²) in [5.74, 6) is 0.585. The van der Waals surface area contributed by atoms with Gasteiger partial charge in [0.25, 0.3) is 5.91 Å². The third kappa shape index (κ3) is 4.56. The summed E-state index contributed by atoms with van der Waals surface area (Å²) >= 11 is 11.8. The predicted octanol–water partition coefficient (Wildman–Crippen LogP) is 4.17. The highest BCUT2D eigenvalue weighted by Crippen LogP contribution is 2.24. The summed E-state index contributed by atoms with van der Waals surface area (Å²) in [6.45, 7) is 2.14. The van der Waals surface area contributed by atoms with Crippen LogP contribution in [0.15, 0.2) is 48.9 Å². The van der Waals surface area contributed by atoms with E-state index in [-0.39, 0.29) is 12.5 Å². The number of pyridine rings is 1. The molecular formula is C19H16Cl2N4O. The zero-order valence-electron chi connectivity index (χ0n) is 14.0. The molecule has 0 spiro atoms. The van der Waals surface area contributed by atoms with E-state index >= 15 is 0 Å². The monoisotopic (exact) mass is 386 g/mol. The largest absolute Gasteiger partial charge is 0.345 e. The Balaban J connectivity index is 1.83.